The molecular weight excluding hydrogens is 385 g/mol. The van der Waals surface area contributed by atoms with Gasteiger partial charge in [0.05, 0.1) is 12.1 Å². The summed E-state index contributed by atoms with van der Waals surface area (Å²) >= 11 is 0. The molecule has 2 N–H and O–H groups in total. The van der Waals surface area contributed by atoms with Gasteiger partial charge in [-0.25, -0.2) is 0 Å². The molecule has 1 fully saturated rings. The van der Waals surface area contributed by atoms with Crippen molar-refractivity contribution in [3.63, 3.8) is 0 Å². The van der Waals surface area contributed by atoms with Gasteiger partial charge in [0.25, 0.3) is 5.91 Å². The van der Waals surface area contributed by atoms with E-state index < -0.39 is 23.4 Å². The number of alkyl halides is 3. The van der Waals surface area contributed by atoms with E-state index in [0.717, 1.165) is 6.07 Å². The number of hydrogen-bond donors (Lipinski definition) is 2. The van der Waals surface area contributed by atoms with E-state index in [1.54, 1.807) is 6.92 Å². The summed E-state index contributed by atoms with van der Waals surface area (Å²) in [5, 5.41) is 5.94. The van der Waals surface area contributed by atoms with Crippen molar-refractivity contribution in [2.24, 2.45) is 0 Å². The molecule has 5 nitrogen and oxygen atoms in total. The predicted octanol–water partition coefficient (Wildman–Crippen LogP) is 3.17. The number of para-hydroxylation sites is 1. The van der Waals surface area contributed by atoms with Crippen LogP contribution in [0, 0.1) is 0 Å². The number of halogens is 4. The molecule has 1 aliphatic heterocycles. The Morgan fingerprint density at radius 2 is 1.93 bits per heavy atom. The highest BCUT2D eigenvalue weighted by atomic mass is 35.5. The smallest absolute Gasteiger partial charge is 0.419 e. The number of hydrogen-bond acceptors (Lipinski definition) is 4. The van der Waals surface area contributed by atoms with Crippen LogP contribution in [0.5, 0.6) is 5.75 Å². The SMILES string of the molecule is CCC(CNC(=O)C1(OC)CCNCC1)Oc1ccccc1C(F)(F)F.Cl. The molecule has 9 heteroatoms. The highest BCUT2D eigenvalue weighted by molar-refractivity contribution is 5.85. The highest BCUT2D eigenvalue weighted by Crippen LogP contribution is 2.36. The van der Waals surface area contributed by atoms with Crippen LogP contribution in [0.15, 0.2) is 24.3 Å². The van der Waals surface area contributed by atoms with Gasteiger partial charge >= 0.3 is 6.18 Å². The van der Waals surface area contributed by atoms with Crippen LogP contribution >= 0.6 is 12.4 Å². The zero-order valence-corrected chi connectivity index (χ0v) is 16.2. The second kappa shape index (κ2) is 10.1. The highest BCUT2D eigenvalue weighted by Gasteiger charge is 2.40. The van der Waals surface area contributed by atoms with E-state index >= 15 is 0 Å². The number of nitrogens with one attached hydrogen (secondary N) is 2. The Morgan fingerprint density at radius 3 is 2.48 bits per heavy atom. The van der Waals surface area contributed by atoms with Gasteiger partial charge in [-0.2, -0.15) is 13.2 Å². The maximum absolute atomic E-state index is 13.1. The third-order valence-corrected chi connectivity index (χ3v) is 4.65. The molecule has 1 amide bonds. The van der Waals surface area contributed by atoms with Crippen molar-refractivity contribution >= 4 is 18.3 Å². The number of methoxy groups -OCH3 is 1. The Bertz CT molecular complexity index is 608. The first-order valence-corrected chi connectivity index (χ1v) is 8.69. The summed E-state index contributed by atoms with van der Waals surface area (Å²) in [4.78, 5) is 12.6. The number of benzene rings is 1. The fraction of sp³-hybridized carbons (Fsp3) is 0.611. The summed E-state index contributed by atoms with van der Waals surface area (Å²) < 4.78 is 50.2. The Balaban J connectivity index is 0.00000364. The van der Waals surface area contributed by atoms with Gasteiger partial charge in [0, 0.05) is 7.11 Å². The van der Waals surface area contributed by atoms with Crippen molar-refractivity contribution in [3.05, 3.63) is 29.8 Å². The lowest BCUT2D eigenvalue weighted by Crippen LogP contribution is -2.55. The maximum atomic E-state index is 13.1. The van der Waals surface area contributed by atoms with Crippen LogP contribution in [0.2, 0.25) is 0 Å². The first kappa shape index (κ1) is 23.5. The lowest BCUT2D eigenvalue weighted by Gasteiger charge is -2.35. The molecule has 0 spiro atoms. The molecule has 0 saturated carbocycles. The minimum absolute atomic E-state index is 0. The van der Waals surface area contributed by atoms with Gasteiger partial charge in [-0.05, 0) is 44.5 Å². The Hall–Kier alpha value is -1.51. The van der Waals surface area contributed by atoms with Crippen LogP contribution in [0.25, 0.3) is 0 Å². The molecular formula is C18H26ClF3N2O3. The molecule has 1 unspecified atom stereocenters. The summed E-state index contributed by atoms with van der Waals surface area (Å²) in [6, 6.07) is 5.08. The molecule has 1 saturated heterocycles. The second-order valence-corrected chi connectivity index (χ2v) is 6.30. The largest absolute Gasteiger partial charge is 0.488 e. The summed E-state index contributed by atoms with van der Waals surface area (Å²) in [6.45, 7) is 3.26. The van der Waals surface area contributed by atoms with Gasteiger partial charge in [0.1, 0.15) is 17.5 Å². The number of amides is 1. The monoisotopic (exact) mass is 410 g/mol. The standard InChI is InChI=1S/C18H25F3N2O3.ClH/c1-3-13(26-15-7-5-4-6-14(15)18(19,20)21)12-23-16(24)17(25-2)8-10-22-11-9-17;/h4-7,13,22H,3,8-12H2,1-2H3,(H,23,24);1H. The van der Waals surface area contributed by atoms with Gasteiger partial charge in [0.2, 0.25) is 0 Å². The average molecular weight is 411 g/mol. The number of carbonyl (C=O) groups is 1. The van der Waals surface area contributed by atoms with Gasteiger partial charge in [-0.3, -0.25) is 4.79 Å². The number of carbonyl (C=O) groups excluding carboxylic acids is 1. The molecule has 0 radical (unpaired) electrons. The number of piperidine rings is 1. The van der Waals surface area contributed by atoms with Crippen molar-refractivity contribution in [2.45, 2.75) is 44.1 Å². The van der Waals surface area contributed by atoms with Crippen LogP contribution in [0.1, 0.15) is 31.7 Å². The molecule has 1 atom stereocenters. The molecule has 0 aliphatic carbocycles. The Labute approximate surface area is 163 Å². The van der Waals surface area contributed by atoms with E-state index in [-0.39, 0.29) is 30.6 Å². The van der Waals surface area contributed by atoms with Gasteiger partial charge in [-0.15, -0.1) is 12.4 Å². The molecule has 154 valence electrons. The van der Waals surface area contributed by atoms with Crippen LogP contribution in [0.4, 0.5) is 13.2 Å². The zero-order chi connectivity index (χ0) is 19.2. The van der Waals surface area contributed by atoms with Crippen molar-refractivity contribution in [1.29, 1.82) is 0 Å². The molecule has 1 aromatic carbocycles. The normalized spacial score (nSPS) is 17.5. The first-order valence-electron chi connectivity index (χ1n) is 8.69. The minimum Gasteiger partial charge on any atom is -0.488 e. The third kappa shape index (κ3) is 5.99. The zero-order valence-electron chi connectivity index (χ0n) is 15.4. The molecule has 1 heterocycles. The lowest BCUT2D eigenvalue weighted by molar-refractivity contribution is -0.147. The van der Waals surface area contributed by atoms with Crippen molar-refractivity contribution in [3.8, 4) is 5.75 Å². The molecule has 27 heavy (non-hydrogen) atoms. The molecule has 0 aromatic heterocycles. The summed E-state index contributed by atoms with van der Waals surface area (Å²) in [5.74, 6) is -0.489. The Kier molecular flexibility index (Phi) is 8.84. The summed E-state index contributed by atoms with van der Waals surface area (Å²) in [5.41, 5.74) is -1.72. The van der Waals surface area contributed by atoms with Crippen molar-refractivity contribution in [1.82, 2.24) is 10.6 Å². The van der Waals surface area contributed by atoms with Gasteiger partial charge in [0.15, 0.2) is 0 Å². The average Bonchev–Trinajstić information content (AvgIpc) is 2.64. The van der Waals surface area contributed by atoms with E-state index in [4.69, 9.17) is 9.47 Å². The topological polar surface area (TPSA) is 59.6 Å². The quantitative estimate of drug-likeness (QED) is 0.725. The summed E-state index contributed by atoms with van der Waals surface area (Å²) in [6.07, 6.45) is -3.52. The van der Waals surface area contributed by atoms with Crippen LogP contribution in [0.3, 0.4) is 0 Å². The number of rotatable bonds is 7. The van der Waals surface area contributed by atoms with E-state index in [9.17, 15) is 18.0 Å². The summed E-state index contributed by atoms with van der Waals surface area (Å²) in [7, 11) is 1.50. The van der Waals surface area contributed by atoms with E-state index in [1.165, 1.54) is 25.3 Å². The number of ether oxygens (including phenoxy) is 2. The first-order chi connectivity index (χ1) is 12.3. The van der Waals surface area contributed by atoms with Crippen molar-refractivity contribution in [2.75, 3.05) is 26.7 Å². The minimum atomic E-state index is -4.49. The van der Waals surface area contributed by atoms with E-state index in [0.29, 0.717) is 32.4 Å². The second-order valence-electron chi connectivity index (χ2n) is 6.30. The van der Waals surface area contributed by atoms with Crippen LogP contribution < -0.4 is 15.4 Å². The van der Waals surface area contributed by atoms with Gasteiger partial charge in [-0.1, -0.05) is 19.1 Å². The van der Waals surface area contributed by atoms with Crippen LogP contribution in [-0.2, 0) is 15.7 Å². The predicted molar refractivity (Wildman–Crippen MR) is 98.3 cm³/mol. The van der Waals surface area contributed by atoms with Crippen LogP contribution in [-0.4, -0.2) is 44.4 Å². The fourth-order valence-corrected chi connectivity index (χ4v) is 2.97. The van der Waals surface area contributed by atoms with Crippen molar-refractivity contribution < 1.29 is 27.4 Å². The van der Waals surface area contributed by atoms with Gasteiger partial charge < -0.3 is 20.1 Å². The third-order valence-electron chi connectivity index (χ3n) is 4.65. The maximum Gasteiger partial charge on any atom is 0.419 e. The Morgan fingerprint density at radius 1 is 1.30 bits per heavy atom. The molecule has 0 bridgehead atoms. The van der Waals surface area contributed by atoms with E-state index in [1.807, 2.05) is 0 Å². The molecule has 1 aliphatic rings. The molecule has 2 rings (SSSR count). The lowest BCUT2D eigenvalue weighted by atomic mass is 9.91. The molecule has 1 aromatic rings. The van der Waals surface area contributed by atoms with E-state index in [2.05, 4.69) is 10.6 Å². The fourth-order valence-electron chi connectivity index (χ4n) is 2.97.